The van der Waals surface area contributed by atoms with Crippen molar-refractivity contribution in [2.75, 3.05) is 0 Å². The van der Waals surface area contributed by atoms with Crippen molar-refractivity contribution in [2.45, 2.75) is 18.9 Å². The fourth-order valence-corrected chi connectivity index (χ4v) is 1.94. The van der Waals surface area contributed by atoms with Crippen LogP contribution in [-0.4, -0.2) is 0 Å². The Morgan fingerprint density at radius 3 is 1.88 bits per heavy atom. The summed E-state index contributed by atoms with van der Waals surface area (Å²) < 4.78 is 0. The van der Waals surface area contributed by atoms with Crippen molar-refractivity contribution in [3.8, 4) is 0 Å². The molecule has 1 nitrogen and oxygen atoms in total. The highest BCUT2D eigenvalue weighted by Crippen LogP contribution is 2.22. The predicted molar refractivity (Wildman–Crippen MR) is 75.4 cm³/mol. The largest absolute Gasteiger partial charge is 0.321 e. The topological polar surface area (TPSA) is 26.0 Å². The molecule has 0 aliphatic heterocycles. The van der Waals surface area contributed by atoms with E-state index in [1.807, 2.05) is 24.3 Å². The molecule has 2 aromatic rings. The lowest BCUT2D eigenvalue weighted by Crippen LogP contribution is -2.35. The molecule has 2 rings (SSSR count). The van der Waals surface area contributed by atoms with Crippen molar-refractivity contribution in [1.29, 1.82) is 0 Å². The molecule has 0 amide bonds. The van der Waals surface area contributed by atoms with Crippen LogP contribution >= 0.6 is 12.4 Å². The molecule has 0 saturated heterocycles. The van der Waals surface area contributed by atoms with Gasteiger partial charge in [-0.2, -0.15) is 0 Å². The minimum atomic E-state index is -0.303. The summed E-state index contributed by atoms with van der Waals surface area (Å²) in [6, 6.07) is 20.6. The second-order valence-electron chi connectivity index (χ2n) is 4.45. The van der Waals surface area contributed by atoms with Crippen molar-refractivity contribution in [1.82, 2.24) is 0 Å². The van der Waals surface area contributed by atoms with E-state index in [-0.39, 0.29) is 17.9 Å². The Morgan fingerprint density at radius 2 is 1.35 bits per heavy atom. The Labute approximate surface area is 109 Å². The number of nitrogens with two attached hydrogens (primary N) is 1. The van der Waals surface area contributed by atoms with E-state index in [1.165, 1.54) is 11.1 Å². The quantitative estimate of drug-likeness (QED) is 0.882. The third kappa shape index (κ3) is 3.58. The van der Waals surface area contributed by atoms with E-state index in [1.54, 1.807) is 0 Å². The lowest BCUT2D eigenvalue weighted by atomic mass is 9.87. The lowest BCUT2D eigenvalue weighted by molar-refractivity contribution is 0.491. The SMILES string of the molecule is CC(N)(Cc1ccccc1)c1ccccc1.Cl. The number of benzene rings is 2. The van der Waals surface area contributed by atoms with Gasteiger partial charge in [0.2, 0.25) is 0 Å². The summed E-state index contributed by atoms with van der Waals surface area (Å²) in [5.74, 6) is 0. The molecular weight excluding hydrogens is 230 g/mol. The van der Waals surface area contributed by atoms with E-state index in [2.05, 4.69) is 43.3 Å². The van der Waals surface area contributed by atoms with Gasteiger partial charge < -0.3 is 5.73 Å². The molecule has 0 fully saturated rings. The first-order valence-electron chi connectivity index (χ1n) is 5.57. The third-order valence-electron chi connectivity index (χ3n) is 2.85. The van der Waals surface area contributed by atoms with Crippen LogP contribution in [0.1, 0.15) is 18.1 Å². The molecule has 0 aliphatic carbocycles. The van der Waals surface area contributed by atoms with Crippen LogP contribution in [0.5, 0.6) is 0 Å². The zero-order valence-corrected chi connectivity index (χ0v) is 10.8. The predicted octanol–water partition coefficient (Wildman–Crippen LogP) is 3.53. The first-order valence-corrected chi connectivity index (χ1v) is 5.57. The van der Waals surface area contributed by atoms with Crippen LogP contribution in [0.15, 0.2) is 60.7 Å². The minimum Gasteiger partial charge on any atom is -0.321 e. The third-order valence-corrected chi connectivity index (χ3v) is 2.85. The fraction of sp³-hybridized carbons (Fsp3) is 0.200. The molecule has 0 bridgehead atoms. The van der Waals surface area contributed by atoms with Crippen LogP contribution in [0, 0.1) is 0 Å². The van der Waals surface area contributed by atoms with E-state index >= 15 is 0 Å². The number of hydrogen-bond acceptors (Lipinski definition) is 1. The highest BCUT2D eigenvalue weighted by atomic mass is 35.5. The maximum Gasteiger partial charge on any atom is 0.0421 e. The normalized spacial score (nSPS) is 13.5. The second kappa shape index (κ2) is 5.85. The molecule has 0 aliphatic rings. The summed E-state index contributed by atoms with van der Waals surface area (Å²) in [7, 11) is 0. The van der Waals surface area contributed by atoms with Crippen molar-refractivity contribution in [3.63, 3.8) is 0 Å². The maximum atomic E-state index is 6.37. The Balaban J connectivity index is 0.00000144. The molecule has 1 unspecified atom stereocenters. The van der Waals surface area contributed by atoms with Gasteiger partial charge in [-0.05, 0) is 24.5 Å². The van der Waals surface area contributed by atoms with Crippen LogP contribution in [0.4, 0.5) is 0 Å². The van der Waals surface area contributed by atoms with E-state index in [0.29, 0.717) is 0 Å². The van der Waals surface area contributed by atoms with Gasteiger partial charge in [0.1, 0.15) is 0 Å². The van der Waals surface area contributed by atoms with Crippen LogP contribution in [0.25, 0.3) is 0 Å². The molecule has 2 N–H and O–H groups in total. The van der Waals surface area contributed by atoms with Crippen molar-refractivity contribution in [2.24, 2.45) is 5.73 Å². The minimum absolute atomic E-state index is 0. The van der Waals surface area contributed by atoms with Gasteiger partial charge in [0.25, 0.3) is 0 Å². The van der Waals surface area contributed by atoms with E-state index in [0.717, 1.165) is 6.42 Å². The molecule has 0 heterocycles. The van der Waals surface area contributed by atoms with Gasteiger partial charge in [-0.1, -0.05) is 60.7 Å². The summed E-state index contributed by atoms with van der Waals surface area (Å²) in [5.41, 5.74) is 8.52. The smallest absolute Gasteiger partial charge is 0.0421 e. The molecule has 17 heavy (non-hydrogen) atoms. The van der Waals surface area contributed by atoms with Crippen LogP contribution in [-0.2, 0) is 12.0 Å². The molecule has 2 heteroatoms. The molecule has 0 aromatic heterocycles. The monoisotopic (exact) mass is 247 g/mol. The molecule has 90 valence electrons. The van der Waals surface area contributed by atoms with Crippen molar-refractivity contribution in [3.05, 3.63) is 71.8 Å². The van der Waals surface area contributed by atoms with Gasteiger partial charge in [-0.15, -0.1) is 12.4 Å². The van der Waals surface area contributed by atoms with Gasteiger partial charge in [-0.25, -0.2) is 0 Å². The molecular formula is C15H18ClN. The summed E-state index contributed by atoms with van der Waals surface area (Å²) in [6.45, 7) is 2.08. The summed E-state index contributed by atoms with van der Waals surface area (Å²) >= 11 is 0. The first-order chi connectivity index (χ1) is 7.68. The van der Waals surface area contributed by atoms with Crippen LogP contribution in [0.3, 0.4) is 0 Å². The van der Waals surface area contributed by atoms with Crippen LogP contribution < -0.4 is 5.73 Å². The average Bonchev–Trinajstić information content (AvgIpc) is 2.31. The summed E-state index contributed by atoms with van der Waals surface area (Å²) in [6.07, 6.45) is 0.859. The Morgan fingerprint density at radius 1 is 0.882 bits per heavy atom. The Kier molecular flexibility index (Phi) is 4.73. The van der Waals surface area contributed by atoms with Crippen LogP contribution in [0.2, 0.25) is 0 Å². The zero-order valence-electron chi connectivity index (χ0n) is 9.97. The molecule has 0 radical (unpaired) electrons. The van der Waals surface area contributed by atoms with Gasteiger partial charge in [0, 0.05) is 5.54 Å². The van der Waals surface area contributed by atoms with Gasteiger partial charge in [0.15, 0.2) is 0 Å². The highest BCUT2D eigenvalue weighted by Gasteiger charge is 2.20. The second-order valence-corrected chi connectivity index (χ2v) is 4.45. The van der Waals surface area contributed by atoms with E-state index in [9.17, 15) is 0 Å². The Hall–Kier alpha value is -1.31. The number of rotatable bonds is 3. The zero-order chi connectivity index (χ0) is 11.4. The van der Waals surface area contributed by atoms with Crippen molar-refractivity contribution >= 4 is 12.4 Å². The average molecular weight is 248 g/mol. The number of halogens is 1. The summed E-state index contributed by atoms with van der Waals surface area (Å²) in [4.78, 5) is 0. The van der Waals surface area contributed by atoms with E-state index < -0.39 is 0 Å². The summed E-state index contributed by atoms with van der Waals surface area (Å²) in [5, 5.41) is 0. The number of hydrogen-bond donors (Lipinski definition) is 1. The van der Waals surface area contributed by atoms with Gasteiger partial charge >= 0.3 is 0 Å². The molecule has 1 atom stereocenters. The fourth-order valence-electron chi connectivity index (χ4n) is 1.94. The molecule has 0 spiro atoms. The Bertz CT molecular complexity index is 437. The van der Waals surface area contributed by atoms with Crippen molar-refractivity contribution < 1.29 is 0 Å². The van der Waals surface area contributed by atoms with Gasteiger partial charge in [0.05, 0.1) is 0 Å². The lowest BCUT2D eigenvalue weighted by Gasteiger charge is -2.25. The highest BCUT2D eigenvalue weighted by molar-refractivity contribution is 5.85. The maximum absolute atomic E-state index is 6.37. The molecule has 2 aromatic carbocycles. The first kappa shape index (κ1) is 13.8. The van der Waals surface area contributed by atoms with E-state index in [4.69, 9.17) is 5.73 Å². The standard InChI is InChI=1S/C15H17N.ClH/c1-15(16,14-10-6-3-7-11-14)12-13-8-4-2-5-9-13;/h2-11H,12,16H2,1H3;1H. The van der Waals surface area contributed by atoms with Gasteiger partial charge in [-0.3, -0.25) is 0 Å². The molecule has 0 saturated carbocycles.